The van der Waals surface area contributed by atoms with E-state index in [1.165, 1.54) is 0 Å². The number of nitrogens with two attached hydrogens (primary N) is 1. The van der Waals surface area contributed by atoms with E-state index in [1.807, 2.05) is 20.3 Å². The van der Waals surface area contributed by atoms with Crippen LogP contribution in [0.25, 0.3) is 0 Å². The zero-order valence-corrected chi connectivity index (χ0v) is 21.0. The molecule has 0 aromatic heterocycles. The third-order valence-electron chi connectivity index (χ3n) is 1.72. The van der Waals surface area contributed by atoms with Crippen LogP contribution in [0, 0.1) is 26.3 Å². The third-order valence-corrected chi connectivity index (χ3v) is 1.72. The van der Waals surface area contributed by atoms with Gasteiger partial charge < -0.3 is 37.0 Å². The van der Waals surface area contributed by atoms with E-state index in [0.29, 0.717) is 17.8 Å². The van der Waals surface area contributed by atoms with Crippen LogP contribution >= 0.6 is 0 Å². The second-order valence-electron chi connectivity index (χ2n) is 4.48. The van der Waals surface area contributed by atoms with E-state index < -0.39 is 0 Å². The van der Waals surface area contributed by atoms with Crippen LogP contribution in [0.1, 0.15) is 48.0 Å². The zero-order chi connectivity index (χ0) is 16.4. The Kier molecular flexibility index (Phi) is 58.4. The van der Waals surface area contributed by atoms with Crippen LogP contribution in [0.5, 0.6) is 0 Å². The SMILES string of the molecule is C=C(C)N.C=[C-]C.C[CH-]C.[CH2-]CC([CH2-])N(C)C(C)C.[W].[W]. The second kappa shape index (κ2) is 32.5. The maximum Gasteiger partial charge on any atom is 0.000884 e. The molecule has 1 atom stereocenters. The molecular formula is C17H36N2W2-4. The summed E-state index contributed by atoms with van der Waals surface area (Å²) in [7, 11) is 2.08. The fraction of sp³-hybridized carbons (Fsp3) is 0.588. The molecule has 21 heavy (non-hydrogen) atoms. The van der Waals surface area contributed by atoms with Crippen molar-refractivity contribution < 1.29 is 42.1 Å². The van der Waals surface area contributed by atoms with E-state index in [2.05, 4.69) is 58.9 Å². The molecule has 1 unspecified atom stereocenters. The van der Waals surface area contributed by atoms with Gasteiger partial charge >= 0.3 is 0 Å². The predicted molar refractivity (Wildman–Crippen MR) is 91.2 cm³/mol. The Bertz CT molecular complexity index is 180. The summed E-state index contributed by atoms with van der Waals surface area (Å²) in [6, 6.07) is 0.944. The van der Waals surface area contributed by atoms with Crippen molar-refractivity contribution in [1.29, 1.82) is 0 Å². The Hall–Kier alpha value is 0.617. The minimum absolute atomic E-state index is 0. The molecule has 0 aliphatic heterocycles. The van der Waals surface area contributed by atoms with Crippen LogP contribution in [0.3, 0.4) is 0 Å². The van der Waals surface area contributed by atoms with E-state index in [0.717, 1.165) is 6.42 Å². The normalized spacial score (nSPS) is 9.10. The van der Waals surface area contributed by atoms with Crippen LogP contribution in [0.15, 0.2) is 18.9 Å². The van der Waals surface area contributed by atoms with E-state index in [4.69, 9.17) is 5.73 Å². The molecule has 0 amide bonds. The largest absolute Gasteiger partial charge is 0.507 e. The minimum atomic E-state index is 0. The Labute approximate surface area is 164 Å². The van der Waals surface area contributed by atoms with Crippen molar-refractivity contribution in [3.8, 4) is 0 Å². The van der Waals surface area contributed by atoms with Crippen LogP contribution < -0.4 is 5.73 Å². The first-order chi connectivity index (χ1) is 8.65. The molecule has 0 rings (SSSR count). The van der Waals surface area contributed by atoms with Crippen LogP contribution in [0.2, 0.25) is 0 Å². The maximum absolute atomic E-state index is 4.92. The molecule has 0 spiro atoms. The number of nitrogens with zero attached hydrogens (tertiary/aromatic N) is 1. The van der Waals surface area contributed by atoms with Gasteiger partial charge in [-0.1, -0.05) is 6.58 Å². The monoisotopic (exact) mass is 636 g/mol. The standard InChI is InChI=1S/C8H17N.C3H7N.C3H7.C3H5.2W/c1-6-8(4)9(5)7(2)3;1-3(2)4;2*1-3-2;;/h7-8H,1,4,6H2,2-3,5H3;1,4H2,2H3;3H,1-2H3;1H2,2H3;;/q-2;;2*-1;;. The van der Waals surface area contributed by atoms with Gasteiger partial charge in [-0.2, -0.15) is 27.2 Å². The summed E-state index contributed by atoms with van der Waals surface area (Å²) in [5.41, 5.74) is 5.58. The van der Waals surface area contributed by atoms with Gasteiger partial charge in [0.15, 0.2) is 0 Å². The minimum Gasteiger partial charge on any atom is -0.507 e. The molecule has 0 heterocycles. The molecule has 0 saturated carbocycles. The molecule has 2 nitrogen and oxygen atoms in total. The molecule has 0 fully saturated rings. The van der Waals surface area contributed by atoms with Crippen molar-refractivity contribution in [2.24, 2.45) is 5.73 Å². The number of hydrogen-bond donors (Lipinski definition) is 1. The molecule has 0 aromatic carbocycles. The van der Waals surface area contributed by atoms with Gasteiger partial charge in [0, 0.05) is 48.2 Å². The van der Waals surface area contributed by atoms with Crippen LogP contribution in [-0.2, 0) is 42.1 Å². The summed E-state index contributed by atoms with van der Waals surface area (Å²) in [5, 5.41) is 0. The van der Waals surface area contributed by atoms with Crippen LogP contribution in [0.4, 0.5) is 0 Å². The molecule has 0 bridgehead atoms. The molecule has 130 valence electrons. The smallest absolute Gasteiger partial charge is 0.000884 e. The topological polar surface area (TPSA) is 29.3 Å². The van der Waals surface area contributed by atoms with Gasteiger partial charge in [0.1, 0.15) is 0 Å². The molecule has 0 saturated heterocycles. The summed E-state index contributed by atoms with van der Waals surface area (Å²) in [5.74, 6) is 0. The Balaban J connectivity index is -0.0000000400. The van der Waals surface area contributed by atoms with Gasteiger partial charge in [-0.25, -0.2) is 0 Å². The first-order valence-electron chi connectivity index (χ1n) is 6.59. The Morgan fingerprint density at radius 1 is 1.33 bits per heavy atom. The number of rotatable bonds is 3. The van der Waals surface area contributed by atoms with Crippen molar-refractivity contribution in [3.05, 3.63) is 45.2 Å². The number of hydrogen-bond acceptors (Lipinski definition) is 2. The Morgan fingerprint density at radius 3 is 1.57 bits per heavy atom. The average Bonchev–Trinajstić information content (AvgIpc) is 2.28. The van der Waals surface area contributed by atoms with Crippen LogP contribution in [-0.4, -0.2) is 24.0 Å². The van der Waals surface area contributed by atoms with Gasteiger partial charge in [-0.3, -0.25) is 6.58 Å². The van der Waals surface area contributed by atoms with Gasteiger partial charge in [-0.05, 0) is 33.5 Å². The predicted octanol–water partition coefficient (Wildman–Crippen LogP) is 4.45. The van der Waals surface area contributed by atoms with Crippen molar-refractivity contribution in [2.75, 3.05) is 7.05 Å². The van der Waals surface area contributed by atoms with Crippen molar-refractivity contribution in [2.45, 2.75) is 60.0 Å². The van der Waals surface area contributed by atoms with Gasteiger partial charge in [0.2, 0.25) is 0 Å². The summed E-state index contributed by atoms with van der Waals surface area (Å²) in [6.45, 7) is 26.1. The van der Waals surface area contributed by atoms with E-state index >= 15 is 0 Å². The summed E-state index contributed by atoms with van der Waals surface area (Å²) in [6.07, 6.45) is 5.38. The van der Waals surface area contributed by atoms with Gasteiger partial charge in [0.05, 0.1) is 0 Å². The fourth-order valence-corrected chi connectivity index (χ4v) is 0.625. The molecule has 0 aromatic rings. The van der Waals surface area contributed by atoms with Gasteiger partial charge in [0.25, 0.3) is 0 Å². The summed E-state index contributed by atoms with van der Waals surface area (Å²) in [4.78, 5) is 2.22. The van der Waals surface area contributed by atoms with E-state index in [9.17, 15) is 0 Å². The molecule has 0 aliphatic rings. The van der Waals surface area contributed by atoms with E-state index in [1.54, 1.807) is 13.8 Å². The second-order valence-corrected chi connectivity index (χ2v) is 4.48. The summed E-state index contributed by atoms with van der Waals surface area (Å²) < 4.78 is 0. The van der Waals surface area contributed by atoms with Gasteiger partial charge in [-0.15, -0.1) is 6.04 Å². The first-order valence-corrected chi connectivity index (χ1v) is 6.59. The average molecular weight is 636 g/mol. The number of allylic oxidation sites excluding steroid dienone is 2. The van der Waals surface area contributed by atoms with Crippen molar-refractivity contribution >= 4 is 0 Å². The molecular weight excluding hydrogens is 600 g/mol. The molecule has 4 heteroatoms. The third kappa shape index (κ3) is 63.4. The Morgan fingerprint density at radius 2 is 1.52 bits per heavy atom. The molecule has 2 N–H and O–H groups in total. The summed E-state index contributed by atoms with van der Waals surface area (Å²) >= 11 is 0. The maximum atomic E-state index is 4.92. The fourth-order valence-electron chi connectivity index (χ4n) is 0.625. The first kappa shape index (κ1) is 37.7. The molecule has 0 radical (unpaired) electrons. The quantitative estimate of drug-likeness (QED) is 0.465. The van der Waals surface area contributed by atoms with Crippen molar-refractivity contribution in [3.63, 3.8) is 0 Å². The molecule has 0 aliphatic carbocycles. The van der Waals surface area contributed by atoms with E-state index in [-0.39, 0.29) is 42.1 Å². The zero-order valence-electron chi connectivity index (χ0n) is 15.1. The van der Waals surface area contributed by atoms with Crippen molar-refractivity contribution in [1.82, 2.24) is 4.90 Å².